The van der Waals surface area contributed by atoms with Crippen molar-refractivity contribution in [1.29, 1.82) is 0 Å². The third-order valence-corrected chi connectivity index (χ3v) is 6.91. The van der Waals surface area contributed by atoms with Crippen LogP contribution in [0.15, 0.2) is 54.1 Å². The number of rotatable bonds is 7. The molecule has 4 nitrogen and oxygen atoms in total. The largest absolute Gasteiger partial charge is 0.341 e. The number of nitrogens with zero attached hydrogens (tertiary/aromatic N) is 2. The summed E-state index contributed by atoms with van der Waals surface area (Å²) in [6, 6.07) is 14.5. The summed E-state index contributed by atoms with van der Waals surface area (Å²) in [5, 5.41) is 2.40. The fraction of sp³-hybridized carbons (Fsp3) is 0.481. The lowest BCUT2D eigenvalue weighted by atomic mass is 9.82. The highest BCUT2D eigenvalue weighted by Gasteiger charge is 2.27. The van der Waals surface area contributed by atoms with Crippen LogP contribution in [0.25, 0.3) is 10.8 Å². The molecule has 4 heteroatoms. The van der Waals surface area contributed by atoms with Gasteiger partial charge in [-0.3, -0.25) is 9.59 Å². The second-order valence-corrected chi connectivity index (χ2v) is 9.11. The minimum absolute atomic E-state index is 0.147. The van der Waals surface area contributed by atoms with Gasteiger partial charge >= 0.3 is 0 Å². The molecular formula is C27H34N2O2. The van der Waals surface area contributed by atoms with Gasteiger partial charge < -0.3 is 9.80 Å². The van der Waals surface area contributed by atoms with Crippen LogP contribution in [-0.4, -0.2) is 41.8 Å². The fourth-order valence-corrected chi connectivity index (χ4v) is 5.03. The molecule has 2 aromatic carbocycles. The van der Waals surface area contributed by atoms with Crippen molar-refractivity contribution in [2.24, 2.45) is 5.92 Å². The number of hydrogen-bond donors (Lipinski definition) is 0. The summed E-state index contributed by atoms with van der Waals surface area (Å²) in [4.78, 5) is 29.1. The molecule has 0 bridgehead atoms. The first-order valence-electron chi connectivity index (χ1n) is 11.8. The Morgan fingerprint density at radius 3 is 2.74 bits per heavy atom. The summed E-state index contributed by atoms with van der Waals surface area (Å²) in [5.74, 6) is 1.11. The Morgan fingerprint density at radius 1 is 1.03 bits per heavy atom. The number of likely N-dealkylation sites (tertiary alicyclic amines) is 1. The van der Waals surface area contributed by atoms with Crippen molar-refractivity contribution < 1.29 is 9.59 Å². The van der Waals surface area contributed by atoms with Crippen molar-refractivity contribution >= 4 is 22.6 Å². The van der Waals surface area contributed by atoms with Crippen LogP contribution in [0.2, 0.25) is 0 Å². The molecule has 164 valence electrons. The zero-order valence-corrected chi connectivity index (χ0v) is 18.7. The molecule has 0 spiro atoms. The molecule has 0 aromatic heterocycles. The third kappa shape index (κ3) is 5.36. The van der Waals surface area contributed by atoms with Gasteiger partial charge in [0.15, 0.2) is 0 Å². The topological polar surface area (TPSA) is 40.6 Å². The molecule has 1 aliphatic heterocycles. The van der Waals surface area contributed by atoms with Gasteiger partial charge in [-0.05, 0) is 60.8 Å². The van der Waals surface area contributed by atoms with Gasteiger partial charge in [0.1, 0.15) is 0 Å². The number of piperidine rings is 1. The number of carbonyl (C=O) groups is 2. The van der Waals surface area contributed by atoms with Crippen LogP contribution in [0, 0.1) is 5.92 Å². The van der Waals surface area contributed by atoms with E-state index < -0.39 is 0 Å². The van der Waals surface area contributed by atoms with Crippen molar-refractivity contribution in [2.45, 2.75) is 57.9 Å². The quantitative estimate of drug-likeness (QED) is 0.451. The smallest absolute Gasteiger partial charge is 0.222 e. The Morgan fingerprint density at radius 2 is 1.84 bits per heavy atom. The molecule has 4 rings (SSSR count). The predicted octanol–water partition coefficient (Wildman–Crippen LogP) is 5.32. The lowest BCUT2D eigenvalue weighted by Crippen LogP contribution is -2.40. The monoisotopic (exact) mass is 418 g/mol. The Labute approximate surface area is 185 Å². The van der Waals surface area contributed by atoms with Crippen molar-refractivity contribution in [3.8, 4) is 0 Å². The third-order valence-electron chi connectivity index (χ3n) is 6.91. The Balaban J connectivity index is 1.20. The lowest BCUT2D eigenvalue weighted by molar-refractivity contribution is -0.133. The molecule has 2 amide bonds. The average molecular weight is 419 g/mol. The number of benzene rings is 2. The van der Waals surface area contributed by atoms with E-state index in [1.165, 1.54) is 41.2 Å². The van der Waals surface area contributed by atoms with E-state index in [4.69, 9.17) is 0 Å². The second-order valence-electron chi connectivity index (χ2n) is 9.11. The van der Waals surface area contributed by atoms with Crippen molar-refractivity contribution in [1.82, 2.24) is 9.80 Å². The van der Waals surface area contributed by atoms with Crippen LogP contribution in [0.5, 0.6) is 0 Å². The fourth-order valence-electron chi connectivity index (χ4n) is 5.03. The van der Waals surface area contributed by atoms with Crippen LogP contribution >= 0.6 is 0 Å². The van der Waals surface area contributed by atoms with E-state index in [0.29, 0.717) is 25.3 Å². The highest BCUT2D eigenvalue weighted by atomic mass is 16.2. The van der Waals surface area contributed by atoms with E-state index in [1.54, 1.807) is 0 Å². The number of fused-ring (bicyclic) bond motifs is 2. The second kappa shape index (κ2) is 10.1. The minimum atomic E-state index is 0.147. The lowest BCUT2D eigenvalue weighted by Gasteiger charge is -2.36. The molecule has 0 radical (unpaired) electrons. The van der Waals surface area contributed by atoms with E-state index in [1.807, 2.05) is 35.0 Å². The molecule has 31 heavy (non-hydrogen) atoms. The number of hydrogen-bond acceptors (Lipinski definition) is 2. The molecule has 1 heterocycles. The molecule has 1 atom stereocenters. The van der Waals surface area contributed by atoms with E-state index in [2.05, 4.69) is 30.3 Å². The molecule has 1 unspecified atom stereocenters. The maximum absolute atomic E-state index is 12.6. The zero-order chi connectivity index (χ0) is 21.6. The van der Waals surface area contributed by atoms with Gasteiger partial charge in [0.2, 0.25) is 11.8 Å². The van der Waals surface area contributed by atoms with Gasteiger partial charge in [0.25, 0.3) is 0 Å². The minimum Gasteiger partial charge on any atom is -0.341 e. The maximum Gasteiger partial charge on any atom is 0.222 e. The molecule has 2 aliphatic rings. The Kier molecular flexibility index (Phi) is 7.06. The number of unbranched alkanes of at least 4 members (excludes halogenated alkanes) is 1. The van der Waals surface area contributed by atoms with Gasteiger partial charge in [0.05, 0.1) is 0 Å². The van der Waals surface area contributed by atoms with Crippen LogP contribution < -0.4 is 0 Å². The Hall–Kier alpha value is -2.62. The summed E-state index contributed by atoms with van der Waals surface area (Å²) in [7, 11) is 1.87. The van der Waals surface area contributed by atoms with Gasteiger partial charge in [-0.25, -0.2) is 0 Å². The normalized spacial score (nSPS) is 18.4. The first-order valence-corrected chi connectivity index (χ1v) is 11.8. The molecule has 1 saturated heterocycles. The van der Waals surface area contributed by atoms with Gasteiger partial charge in [0, 0.05) is 39.5 Å². The molecule has 0 N–H and O–H groups in total. The van der Waals surface area contributed by atoms with Gasteiger partial charge in [-0.1, -0.05) is 54.1 Å². The summed E-state index contributed by atoms with van der Waals surface area (Å²) in [6.45, 7) is 2.34. The summed E-state index contributed by atoms with van der Waals surface area (Å²) in [6.07, 6.45) is 9.85. The highest BCUT2D eigenvalue weighted by molar-refractivity contribution is 5.86. The molecule has 0 saturated carbocycles. The number of carbonyl (C=O) groups excluding carboxylic acids is 2. The SMILES string of the molecule is CN(Cc1cccc2ccccc12)C(=O)CCCCC(=O)N1CCC2CCCC=C2C1. The summed E-state index contributed by atoms with van der Waals surface area (Å²) < 4.78 is 0. The molecule has 1 aliphatic carbocycles. The van der Waals surface area contributed by atoms with E-state index in [-0.39, 0.29) is 11.8 Å². The standard InChI is InChI=1S/C27H34N2O2/c1-28(19-24-13-8-12-22-10-4-5-14-25(22)24)26(30)15-6-7-16-27(31)29-18-17-21-9-2-3-11-23(21)20-29/h4-5,8,10-14,21H,2-3,6-7,9,15-20H2,1H3. The first kappa shape index (κ1) is 21.6. The van der Waals surface area contributed by atoms with Crippen LogP contribution in [0.1, 0.15) is 56.9 Å². The number of amides is 2. The maximum atomic E-state index is 12.6. The molecule has 1 fully saturated rings. The van der Waals surface area contributed by atoms with E-state index >= 15 is 0 Å². The zero-order valence-electron chi connectivity index (χ0n) is 18.7. The Bertz CT molecular complexity index is 959. The number of allylic oxidation sites excluding steroid dienone is 1. The first-order chi connectivity index (χ1) is 15.1. The summed E-state index contributed by atoms with van der Waals surface area (Å²) >= 11 is 0. The highest BCUT2D eigenvalue weighted by Crippen LogP contribution is 2.32. The van der Waals surface area contributed by atoms with Crippen molar-refractivity contribution in [3.63, 3.8) is 0 Å². The van der Waals surface area contributed by atoms with Crippen LogP contribution in [0.4, 0.5) is 0 Å². The predicted molar refractivity (Wildman–Crippen MR) is 126 cm³/mol. The van der Waals surface area contributed by atoms with Crippen molar-refractivity contribution in [2.75, 3.05) is 20.1 Å². The summed E-state index contributed by atoms with van der Waals surface area (Å²) in [5.41, 5.74) is 2.65. The average Bonchev–Trinajstić information content (AvgIpc) is 2.81. The molecule has 2 aromatic rings. The van der Waals surface area contributed by atoms with Gasteiger partial charge in [-0.15, -0.1) is 0 Å². The molecular weight excluding hydrogens is 384 g/mol. The van der Waals surface area contributed by atoms with Gasteiger partial charge in [-0.2, -0.15) is 0 Å². The van der Waals surface area contributed by atoms with Crippen LogP contribution in [0.3, 0.4) is 0 Å². The van der Waals surface area contributed by atoms with E-state index in [9.17, 15) is 9.59 Å². The van der Waals surface area contributed by atoms with E-state index in [0.717, 1.165) is 32.4 Å². The van der Waals surface area contributed by atoms with Crippen LogP contribution in [-0.2, 0) is 16.1 Å². The van der Waals surface area contributed by atoms with Crippen molar-refractivity contribution in [3.05, 3.63) is 59.7 Å².